The Kier molecular flexibility index (Phi) is 32.2. The summed E-state index contributed by atoms with van der Waals surface area (Å²) < 4.78 is 143. The van der Waals surface area contributed by atoms with E-state index < -0.39 is 70.7 Å². The van der Waals surface area contributed by atoms with Gasteiger partial charge in [-0.15, -0.1) is 0 Å². The van der Waals surface area contributed by atoms with E-state index in [-0.39, 0.29) is 28.3 Å². The first-order valence-corrected chi connectivity index (χ1v) is 51.5. The highest BCUT2D eigenvalue weighted by Gasteiger charge is 2.34. The lowest BCUT2D eigenvalue weighted by molar-refractivity contribution is 0.565. The third kappa shape index (κ3) is 27.8. The summed E-state index contributed by atoms with van der Waals surface area (Å²) in [6.07, 6.45) is 21.0. The number of halogens is 4. The van der Waals surface area contributed by atoms with Crippen molar-refractivity contribution in [2.45, 2.75) is 130 Å². The molecule has 8 aromatic carbocycles. The highest BCUT2D eigenvalue weighted by atomic mass is 35.5. The van der Waals surface area contributed by atoms with Crippen molar-refractivity contribution in [2.24, 2.45) is 28.2 Å². The lowest BCUT2D eigenvalue weighted by Crippen LogP contribution is -2.33. The molecule has 16 rings (SSSR count). The summed E-state index contributed by atoms with van der Waals surface area (Å²) in [5.41, 5.74) is 16.3. The molecule has 0 spiro atoms. The summed E-state index contributed by atoms with van der Waals surface area (Å²) >= 11 is 12.5. The molecule has 0 bridgehead atoms. The second-order valence-electron chi connectivity index (χ2n) is 37.5. The zero-order valence-corrected chi connectivity index (χ0v) is 87.4. The Morgan fingerprint density at radius 3 is 0.785 bits per heavy atom. The molecule has 0 aliphatic carbocycles. The number of aryl methyl sites for hydroxylation is 8. The summed E-state index contributed by atoms with van der Waals surface area (Å²) in [6.45, 7) is 27.0. The standard InChI is InChI=1S/C25H27ClFN7O2S.C25H28ClN7O2S.C25H28FN7O2S.C25H29N7O2S/c1-15-12-28-24(31-17-6-8-19(21(27)10-17)16-13-29-34(5)14-16)32-23(15)30-18-7-9-20(26)22(11-18)33-37(35,36)25(2,3)4;1-16-13-27-24(30-19-8-6-17(7-9-19)18-14-28-33(5)15-18)31-23(16)29-20-10-11-21(26)22(12-20)32-36(34,35)25(2,3)4;1-16-13-27-24(30-19-9-10-21(22(26)12-19)17-14-28-33(5)15-17)31-23(16)29-18-7-6-8-20(11-18)32-36(34,35)25(2,3)4;1-17-14-26-24(29-20-11-9-18(10-12-20)19-15-27-32(5)16-19)30-23(17)28-21-7-6-8-22(13-21)31-35(33,34)25(2,3)4/h6-14,33H,1-5H3,(H2,28,30,31,32);2*6-15,32H,1-5H3,(H2,27,29,30,31);6-16,31H,1-5H3,(H2,26,28,29,30). The molecule has 0 aliphatic heterocycles. The van der Waals surface area contributed by atoms with Crippen LogP contribution in [0.25, 0.3) is 44.5 Å². The molecule has 0 amide bonds. The molecule has 16 aromatic rings. The fourth-order valence-corrected chi connectivity index (χ4v) is 16.3. The molecular formula is C100H112Cl2F2N28O8S4. The topological polar surface area (TPSA) is 455 Å². The van der Waals surface area contributed by atoms with Crippen molar-refractivity contribution in [3.05, 3.63) is 288 Å². The van der Waals surface area contributed by atoms with E-state index in [0.717, 1.165) is 55.9 Å². The molecule has 12 N–H and O–H groups in total. The largest absolute Gasteiger partial charge is 0.340 e. The van der Waals surface area contributed by atoms with Crippen molar-refractivity contribution >= 4 is 179 Å². The quantitative estimate of drug-likeness (QED) is 0.0217. The van der Waals surface area contributed by atoms with Gasteiger partial charge in [-0.1, -0.05) is 59.6 Å². The van der Waals surface area contributed by atoms with Gasteiger partial charge in [0.25, 0.3) is 0 Å². The summed E-state index contributed by atoms with van der Waals surface area (Å²) in [5, 5.41) is 42.5. The number of aromatic nitrogens is 16. The Hall–Kier alpha value is -15.2. The zero-order chi connectivity index (χ0) is 104. The van der Waals surface area contributed by atoms with Crippen LogP contribution in [0.2, 0.25) is 10.0 Å². The molecule has 0 saturated carbocycles. The van der Waals surface area contributed by atoms with Gasteiger partial charge in [-0.25, -0.2) is 62.4 Å². The van der Waals surface area contributed by atoms with Gasteiger partial charge in [-0.3, -0.25) is 37.6 Å². The summed E-state index contributed by atoms with van der Waals surface area (Å²) in [4.78, 5) is 35.6. The van der Waals surface area contributed by atoms with Crippen LogP contribution in [0.1, 0.15) is 105 Å². The number of hydrogen-bond donors (Lipinski definition) is 12. The van der Waals surface area contributed by atoms with Crippen LogP contribution in [-0.4, -0.2) is 132 Å². The van der Waals surface area contributed by atoms with Crippen molar-refractivity contribution in [1.82, 2.24) is 79.0 Å². The number of sulfonamides is 4. The summed E-state index contributed by atoms with van der Waals surface area (Å²) in [5.74, 6) is 2.79. The molecule has 0 radical (unpaired) electrons. The normalized spacial score (nSPS) is 11.8. The Labute approximate surface area is 846 Å². The van der Waals surface area contributed by atoms with Crippen molar-refractivity contribution in [3.8, 4) is 44.5 Å². The van der Waals surface area contributed by atoms with Crippen molar-refractivity contribution in [3.63, 3.8) is 0 Å². The van der Waals surface area contributed by atoms with Crippen LogP contribution >= 0.6 is 23.2 Å². The molecule has 144 heavy (non-hydrogen) atoms. The number of anilines is 20. The van der Waals surface area contributed by atoms with Crippen LogP contribution in [0.4, 0.5) is 124 Å². The Morgan fingerprint density at radius 1 is 0.271 bits per heavy atom. The Bertz CT molecular complexity index is 7840. The van der Waals surface area contributed by atoms with E-state index in [1.165, 1.54) is 12.1 Å². The van der Waals surface area contributed by atoms with Crippen LogP contribution in [0.5, 0.6) is 0 Å². The molecule has 0 saturated heterocycles. The van der Waals surface area contributed by atoms with Crippen LogP contribution in [0.15, 0.2) is 244 Å². The van der Waals surface area contributed by atoms with Gasteiger partial charge in [0, 0.05) is 179 Å². The Morgan fingerprint density at radius 2 is 0.514 bits per heavy atom. The number of nitrogens with one attached hydrogen (secondary N) is 12. The lowest BCUT2D eigenvalue weighted by atomic mass is 10.1. The molecule has 0 atom stereocenters. The molecule has 8 heterocycles. The van der Waals surface area contributed by atoms with Gasteiger partial charge < -0.3 is 42.5 Å². The molecule has 8 aromatic heterocycles. The third-order valence-corrected chi connectivity index (χ3v) is 30.7. The number of benzene rings is 8. The van der Waals surface area contributed by atoms with Crippen LogP contribution in [-0.2, 0) is 68.3 Å². The van der Waals surface area contributed by atoms with Gasteiger partial charge in [0.05, 0.1) is 76.6 Å². The first-order valence-electron chi connectivity index (χ1n) is 44.8. The van der Waals surface area contributed by atoms with E-state index in [1.807, 2.05) is 121 Å². The van der Waals surface area contributed by atoms with E-state index in [0.29, 0.717) is 108 Å². The highest BCUT2D eigenvalue weighted by Crippen LogP contribution is 2.38. The van der Waals surface area contributed by atoms with Gasteiger partial charge in [0.1, 0.15) is 34.9 Å². The van der Waals surface area contributed by atoms with Gasteiger partial charge in [0.15, 0.2) is 0 Å². The van der Waals surface area contributed by atoms with Gasteiger partial charge >= 0.3 is 0 Å². The summed E-state index contributed by atoms with van der Waals surface area (Å²) in [6, 6.07) is 49.3. The average Bonchev–Trinajstić information content (AvgIpc) is 1.07. The Balaban J connectivity index is 0.000000161. The maximum Gasteiger partial charge on any atom is 0.237 e. The molecular weight excluding hydrogens is 1960 g/mol. The molecule has 0 unspecified atom stereocenters. The third-order valence-electron chi connectivity index (χ3n) is 21.7. The minimum atomic E-state index is -3.67. The second kappa shape index (κ2) is 43.7. The number of rotatable bonds is 28. The van der Waals surface area contributed by atoms with Crippen molar-refractivity contribution in [2.75, 3.05) is 61.4 Å². The van der Waals surface area contributed by atoms with Crippen molar-refractivity contribution < 1.29 is 42.5 Å². The highest BCUT2D eigenvalue weighted by molar-refractivity contribution is 7.95. The van der Waals surface area contributed by atoms with E-state index in [9.17, 15) is 42.5 Å². The smallest absolute Gasteiger partial charge is 0.237 e. The first kappa shape index (κ1) is 106. The fourth-order valence-electron chi connectivity index (χ4n) is 12.9. The molecule has 752 valence electrons. The molecule has 36 nitrogen and oxygen atoms in total. The van der Waals surface area contributed by atoms with E-state index in [2.05, 4.69) is 122 Å². The average molecular weight is 2070 g/mol. The van der Waals surface area contributed by atoms with Crippen LogP contribution in [0, 0.1) is 39.3 Å². The summed E-state index contributed by atoms with van der Waals surface area (Å²) in [7, 11) is -7.07. The number of nitrogens with zero attached hydrogens (tertiary/aromatic N) is 16. The SMILES string of the molecule is Cc1cnc(Nc2ccc(-c3cnn(C)c3)c(F)c2)nc1Nc1ccc(Cl)c(NS(=O)(=O)C(C)(C)C)c1.Cc1cnc(Nc2ccc(-c3cnn(C)c3)c(F)c2)nc1Nc1cccc(NS(=O)(=O)C(C)(C)C)c1.Cc1cnc(Nc2ccc(-c3cnn(C)c3)cc2)nc1Nc1ccc(Cl)c(NS(=O)(=O)C(C)(C)C)c1.Cc1cnc(Nc2ccc(-c3cnn(C)c3)cc2)nc1Nc1cccc(NS(=O)(=O)C(C)(C)C)c1. The predicted molar refractivity (Wildman–Crippen MR) is 573 cm³/mol. The maximum absolute atomic E-state index is 14.8. The number of hydrogen-bond acceptors (Lipinski definition) is 28. The minimum Gasteiger partial charge on any atom is -0.340 e. The second-order valence-corrected chi connectivity index (χ2v) is 48.0. The van der Waals surface area contributed by atoms with Gasteiger partial charge in [0.2, 0.25) is 63.9 Å². The predicted octanol–water partition coefficient (Wildman–Crippen LogP) is 22.4. The fraction of sp³-hybridized carbons (Fsp3) is 0.240. The lowest BCUT2D eigenvalue weighted by Gasteiger charge is -2.21. The maximum atomic E-state index is 14.8. The van der Waals surface area contributed by atoms with E-state index in [4.69, 9.17) is 23.2 Å². The molecule has 0 aliphatic rings. The van der Waals surface area contributed by atoms with Crippen LogP contribution < -0.4 is 61.4 Å². The van der Waals surface area contributed by atoms with Gasteiger partial charge in [-0.2, -0.15) is 40.3 Å². The molecule has 0 fully saturated rings. The van der Waals surface area contributed by atoms with Crippen LogP contribution in [0.3, 0.4) is 0 Å². The zero-order valence-electron chi connectivity index (χ0n) is 82.7. The van der Waals surface area contributed by atoms with Crippen molar-refractivity contribution in [1.29, 1.82) is 0 Å². The van der Waals surface area contributed by atoms with Gasteiger partial charge in [-0.05, 0) is 255 Å². The van der Waals surface area contributed by atoms with E-state index in [1.54, 1.807) is 269 Å². The first-order chi connectivity index (χ1) is 67.6. The van der Waals surface area contributed by atoms with E-state index >= 15 is 0 Å². The molecule has 44 heteroatoms. The minimum absolute atomic E-state index is 0.246. The monoisotopic (exact) mass is 2070 g/mol.